The second-order valence-corrected chi connectivity index (χ2v) is 7.85. The Kier molecular flexibility index (Phi) is 4.72. The Balaban J connectivity index is 2.43. The maximum absolute atomic E-state index is 13.0. The van der Waals surface area contributed by atoms with Crippen LogP contribution in [0.3, 0.4) is 0 Å². The number of morpholine rings is 1. The molecule has 2 rings (SSSR count). The van der Waals surface area contributed by atoms with Gasteiger partial charge in [0, 0.05) is 19.6 Å². The van der Waals surface area contributed by atoms with Gasteiger partial charge in [-0.05, 0) is 37.5 Å². The summed E-state index contributed by atoms with van der Waals surface area (Å²) in [5.41, 5.74) is 6.85. The summed E-state index contributed by atoms with van der Waals surface area (Å²) < 4.78 is 33.0. The number of rotatable bonds is 4. The molecule has 2 N–H and O–H groups in total. The SMILES string of the molecule is CCc1ccc(CN)cc1S(=O)(=O)N1CCOC(C)(C)C1. The third kappa shape index (κ3) is 3.45. The standard InChI is InChI=1S/C15H24N2O3S/c1-4-13-6-5-12(10-16)9-14(13)21(18,19)17-7-8-20-15(2,3)11-17/h5-6,9H,4,7-8,10-11,16H2,1-3H3. The number of ether oxygens (including phenoxy) is 1. The van der Waals surface area contributed by atoms with Gasteiger partial charge >= 0.3 is 0 Å². The topological polar surface area (TPSA) is 72.6 Å². The van der Waals surface area contributed by atoms with Crippen molar-refractivity contribution in [3.05, 3.63) is 29.3 Å². The zero-order chi connectivity index (χ0) is 15.7. The highest BCUT2D eigenvalue weighted by Crippen LogP contribution is 2.26. The molecule has 0 aliphatic carbocycles. The maximum atomic E-state index is 13.0. The van der Waals surface area contributed by atoms with Gasteiger partial charge in [0.1, 0.15) is 0 Å². The van der Waals surface area contributed by atoms with Crippen LogP contribution in [0.4, 0.5) is 0 Å². The second kappa shape index (κ2) is 6.04. The van der Waals surface area contributed by atoms with Gasteiger partial charge < -0.3 is 10.5 Å². The molecule has 0 bridgehead atoms. The summed E-state index contributed by atoms with van der Waals surface area (Å²) in [5.74, 6) is 0. The predicted molar refractivity (Wildman–Crippen MR) is 82.5 cm³/mol. The van der Waals surface area contributed by atoms with E-state index in [1.807, 2.05) is 32.9 Å². The lowest BCUT2D eigenvalue weighted by molar-refractivity contribution is -0.0640. The number of nitrogens with zero attached hydrogens (tertiary/aromatic N) is 1. The van der Waals surface area contributed by atoms with Crippen molar-refractivity contribution in [2.75, 3.05) is 19.7 Å². The van der Waals surface area contributed by atoms with E-state index in [2.05, 4.69) is 0 Å². The molecule has 1 aromatic rings. The predicted octanol–water partition coefficient (Wildman–Crippen LogP) is 1.51. The zero-order valence-corrected chi connectivity index (χ0v) is 13.7. The molecule has 0 radical (unpaired) electrons. The van der Waals surface area contributed by atoms with Crippen molar-refractivity contribution in [1.82, 2.24) is 4.31 Å². The molecule has 6 heteroatoms. The number of hydrogen-bond acceptors (Lipinski definition) is 4. The summed E-state index contributed by atoms with van der Waals surface area (Å²) >= 11 is 0. The first-order valence-electron chi connectivity index (χ1n) is 7.26. The average Bonchev–Trinajstić information content (AvgIpc) is 2.45. The fourth-order valence-electron chi connectivity index (χ4n) is 2.58. The molecule has 0 unspecified atom stereocenters. The molecule has 118 valence electrons. The molecule has 1 saturated heterocycles. The van der Waals surface area contributed by atoms with Crippen molar-refractivity contribution < 1.29 is 13.2 Å². The van der Waals surface area contributed by atoms with Gasteiger partial charge in [0.15, 0.2) is 0 Å². The Morgan fingerprint density at radius 1 is 1.38 bits per heavy atom. The van der Waals surface area contributed by atoms with E-state index in [1.165, 1.54) is 4.31 Å². The first-order chi connectivity index (χ1) is 9.80. The molecular formula is C15H24N2O3S. The lowest BCUT2D eigenvalue weighted by atomic mass is 10.1. The summed E-state index contributed by atoms with van der Waals surface area (Å²) in [6.45, 7) is 7.29. The molecule has 21 heavy (non-hydrogen) atoms. The van der Waals surface area contributed by atoms with Crippen LogP contribution in [0.2, 0.25) is 0 Å². The Labute approximate surface area is 127 Å². The third-order valence-corrected chi connectivity index (χ3v) is 5.68. The van der Waals surface area contributed by atoms with Gasteiger partial charge in [0.2, 0.25) is 10.0 Å². The van der Waals surface area contributed by atoms with Crippen LogP contribution >= 0.6 is 0 Å². The quantitative estimate of drug-likeness (QED) is 0.914. The van der Waals surface area contributed by atoms with Crippen LogP contribution < -0.4 is 5.73 Å². The normalized spacial score (nSPS) is 19.6. The van der Waals surface area contributed by atoms with Crippen LogP contribution in [0.1, 0.15) is 31.9 Å². The first kappa shape index (κ1) is 16.4. The summed E-state index contributed by atoms with van der Waals surface area (Å²) in [4.78, 5) is 0.380. The first-order valence-corrected chi connectivity index (χ1v) is 8.70. The molecule has 0 saturated carbocycles. The largest absolute Gasteiger partial charge is 0.373 e. The van der Waals surface area contributed by atoms with Gasteiger partial charge in [-0.15, -0.1) is 0 Å². The molecule has 0 spiro atoms. The molecule has 1 fully saturated rings. The van der Waals surface area contributed by atoms with Crippen molar-refractivity contribution in [2.45, 2.75) is 44.2 Å². The van der Waals surface area contributed by atoms with Crippen LogP contribution in [0.15, 0.2) is 23.1 Å². The van der Waals surface area contributed by atoms with Crippen LogP contribution in [0.25, 0.3) is 0 Å². The van der Waals surface area contributed by atoms with Gasteiger partial charge in [-0.1, -0.05) is 19.1 Å². The van der Waals surface area contributed by atoms with E-state index < -0.39 is 15.6 Å². The Morgan fingerprint density at radius 2 is 2.10 bits per heavy atom. The lowest BCUT2D eigenvalue weighted by Crippen LogP contribution is -2.50. The number of sulfonamides is 1. The summed E-state index contributed by atoms with van der Waals surface area (Å²) in [5, 5.41) is 0. The summed E-state index contributed by atoms with van der Waals surface area (Å²) in [6, 6.07) is 5.46. The van der Waals surface area contributed by atoms with Crippen molar-refractivity contribution >= 4 is 10.0 Å². The van der Waals surface area contributed by atoms with E-state index in [9.17, 15) is 8.42 Å². The second-order valence-electron chi connectivity index (χ2n) is 5.95. The zero-order valence-electron chi connectivity index (χ0n) is 12.9. The minimum atomic E-state index is -3.51. The van der Waals surface area contributed by atoms with E-state index >= 15 is 0 Å². The maximum Gasteiger partial charge on any atom is 0.243 e. The van der Waals surface area contributed by atoms with Crippen molar-refractivity contribution in [3.8, 4) is 0 Å². The van der Waals surface area contributed by atoms with Crippen LogP contribution in [0, 0.1) is 0 Å². The van der Waals surface area contributed by atoms with Gasteiger partial charge in [-0.3, -0.25) is 0 Å². The Morgan fingerprint density at radius 3 is 2.67 bits per heavy atom. The highest BCUT2D eigenvalue weighted by Gasteiger charge is 2.35. The smallest absolute Gasteiger partial charge is 0.243 e. The van der Waals surface area contributed by atoms with Gasteiger partial charge in [0.25, 0.3) is 0 Å². The average molecular weight is 312 g/mol. The highest BCUT2D eigenvalue weighted by atomic mass is 32.2. The van der Waals surface area contributed by atoms with E-state index in [1.54, 1.807) is 6.07 Å². The fraction of sp³-hybridized carbons (Fsp3) is 0.600. The number of benzene rings is 1. The van der Waals surface area contributed by atoms with E-state index in [0.717, 1.165) is 11.1 Å². The minimum absolute atomic E-state index is 0.334. The Bertz CT molecular complexity index is 611. The van der Waals surface area contributed by atoms with Gasteiger partial charge in [0.05, 0.1) is 17.1 Å². The number of hydrogen-bond donors (Lipinski definition) is 1. The minimum Gasteiger partial charge on any atom is -0.373 e. The molecule has 0 atom stereocenters. The summed E-state index contributed by atoms with van der Waals surface area (Å²) in [7, 11) is -3.51. The van der Waals surface area contributed by atoms with Gasteiger partial charge in [-0.2, -0.15) is 4.31 Å². The number of nitrogens with two attached hydrogens (primary N) is 1. The Hall–Kier alpha value is -0.950. The van der Waals surface area contributed by atoms with Crippen molar-refractivity contribution in [2.24, 2.45) is 5.73 Å². The molecule has 0 aromatic heterocycles. The van der Waals surface area contributed by atoms with Crippen LogP contribution in [-0.2, 0) is 27.7 Å². The molecule has 1 aliphatic rings. The summed E-state index contributed by atoms with van der Waals surface area (Å²) in [6.07, 6.45) is 0.674. The highest BCUT2D eigenvalue weighted by molar-refractivity contribution is 7.89. The van der Waals surface area contributed by atoms with Crippen LogP contribution in [0.5, 0.6) is 0 Å². The fourth-order valence-corrected chi connectivity index (χ4v) is 4.49. The molecular weight excluding hydrogens is 288 g/mol. The van der Waals surface area contributed by atoms with Crippen molar-refractivity contribution in [1.29, 1.82) is 0 Å². The number of aryl methyl sites for hydroxylation is 1. The van der Waals surface area contributed by atoms with E-state index in [0.29, 0.717) is 37.6 Å². The molecule has 5 nitrogen and oxygen atoms in total. The molecule has 1 aromatic carbocycles. The lowest BCUT2D eigenvalue weighted by Gasteiger charge is -2.37. The van der Waals surface area contributed by atoms with E-state index in [4.69, 9.17) is 10.5 Å². The van der Waals surface area contributed by atoms with Gasteiger partial charge in [-0.25, -0.2) is 8.42 Å². The van der Waals surface area contributed by atoms with Crippen LogP contribution in [-0.4, -0.2) is 38.0 Å². The molecule has 1 aliphatic heterocycles. The van der Waals surface area contributed by atoms with E-state index in [-0.39, 0.29) is 0 Å². The monoisotopic (exact) mass is 312 g/mol. The molecule has 0 amide bonds. The third-order valence-electron chi connectivity index (χ3n) is 3.76. The molecule has 1 heterocycles. The van der Waals surface area contributed by atoms with Crippen molar-refractivity contribution in [3.63, 3.8) is 0 Å².